The molecule has 4 heteroatoms. The highest BCUT2D eigenvalue weighted by Gasteiger charge is 2.11. The molecular weight excluding hydrogens is 184 g/mol. The van der Waals surface area contributed by atoms with Crippen molar-refractivity contribution in [2.45, 2.75) is 20.8 Å². The van der Waals surface area contributed by atoms with Gasteiger partial charge in [-0.1, -0.05) is 6.92 Å². The van der Waals surface area contributed by atoms with Gasteiger partial charge in [0.1, 0.15) is 0 Å². The number of carboxylic acid groups (broad SMARTS) is 1. The average molecular weight is 204 g/mol. The van der Waals surface area contributed by atoms with Crippen LogP contribution in [0.2, 0.25) is 0 Å². The van der Waals surface area contributed by atoms with E-state index >= 15 is 0 Å². The van der Waals surface area contributed by atoms with Gasteiger partial charge in [0.25, 0.3) is 0 Å². The van der Waals surface area contributed by atoms with E-state index in [0.717, 1.165) is 0 Å². The molecule has 0 aromatic heterocycles. The highest BCUT2D eigenvalue weighted by molar-refractivity contribution is 5.69. The Morgan fingerprint density at radius 1 is 1.21 bits per heavy atom. The minimum Gasteiger partial charge on any atom is -0.481 e. The summed E-state index contributed by atoms with van der Waals surface area (Å²) in [6.07, 6.45) is 0. The highest BCUT2D eigenvalue weighted by Crippen LogP contribution is 2.00. The largest absolute Gasteiger partial charge is 0.481 e. The van der Waals surface area contributed by atoms with Crippen LogP contribution in [0.5, 0.6) is 0 Å². The molecule has 0 aromatic carbocycles. The van der Waals surface area contributed by atoms with Gasteiger partial charge in [0.05, 0.1) is 25.7 Å². The molecule has 0 bridgehead atoms. The number of hydrogen-bond donors (Lipinski definition) is 1. The fourth-order valence-electron chi connectivity index (χ4n) is 0.884. The van der Waals surface area contributed by atoms with Crippen LogP contribution in [0.1, 0.15) is 20.8 Å². The van der Waals surface area contributed by atoms with E-state index in [9.17, 15) is 4.79 Å². The van der Waals surface area contributed by atoms with Crippen LogP contribution in [0.4, 0.5) is 0 Å². The Hall–Kier alpha value is -0.610. The zero-order valence-electron chi connectivity index (χ0n) is 9.16. The van der Waals surface area contributed by atoms with Crippen molar-refractivity contribution in [3.63, 3.8) is 0 Å². The van der Waals surface area contributed by atoms with Crippen LogP contribution >= 0.6 is 0 Å². The second-order valence-electron chi connectivity index (χ2n) is 3.54. The Bertz CT molecular complexity index is 158. The lowest BCUT2D eigenvalue weighted by atomic mass is 10.2. The maximum absolute atomic E-state index is 10.4. The summed E-state index contributed by atoms with van der Waals surface area (Å²) in [6.45, 7) is 7.79. The smallest absolute Gasteiger partial charge is 0.308 e. The van der Waals surface area contributed by atoms with Crippen LogP contribution in [-0.2, 0) is 14.3 Å². The number of aliphatic carboxylic acids is 1. The highest BCUT2D eigenvalue weighted by atomic mass is 16.5. The van der Waals surface area contributed by atoms with Crippen LogP contribution in [0, 0.1) is 11.8 Å². The maximum atomic E-state index is 10.4. The zero-order chi connectivity index (χ0) is 11.0. The van der Waals surface area contributed by atoms with Gasteiger partial charge in [-0.15, -0.1) is 0 Å². The van der Waals surface area contributed by atoms with Crippen molar-refractivity contribution >= 4 is 5.97 Å². The van der Waals surface area contributed by atoms with Crippen LogP contribution in [0.3, 0.4) is 0 Å². The predicted octanol–water partition coefficient (Wildman–Crippen LogP) is 1.40. The molecule has 0 heterocycles. The second-order valence-corrected chi connectivity index (χ2v) is 3.54. The number of carboxylic acids is 1. The van der Waals surface area contributed by atoms with E-state index in [1.54, 1.807) is 6.92 Å². The molecule has 0 aliphatic rings. The van der Waals surface area contributed by atoms with Crippen LogP contribution in [0.25, 0.3) is 0 Å². The van der Waals surface area contributed by atoms with Crippen molar-refractivity contribution in [1.29, 1.82) is 0 Å². The van der Waals surface area contributed by atoms with Crippen LogP contribution in [-0.4, -0.2) is 37.5 Å². The second kappa shape index (κ2) is 7.76. The molecular formula is C10H20O4. The Kier molecular flexibility index (Phi) is 7.42. The third-order valence-electron chi connectivity index (χ3n) is 1.80. The van der Waals surface area contributed by atoms with Gasteiger partial charge in [-0.05, 0) is 13.8 Å². The van der Waals surface area contributed by atoms with Crippen molar-refractivity contribution in [3.05, 3.63) is 0 Å². The summed E-state index contributed by atoms with van der Waals surface area (Å²) in [4.78, 5) is 10.4. The van der Waals surface area contributed by atoms with Gasteiger partial charge >= 0.3 is 5.97 Å². The summed E-state index contributed by atoms with van der Waals surface area (Å²) in [5, 5.41) is 8.58. The molecule has 0 aromatic rings. The van der Waals surface area contributed by atoms with E-state index < -0.39 is 11.9 Å². The predicted molar refractivity (Wildman–Crippen MR) is 53.3 cm³/mol. The van der Waals surface area contributed by atoms with Gasteiger partial charge in [0.15, 0.2) is 0 Å². The van der Waals surface area contributed by atoms with Gasteiger partial charge in [-0.3, -0.25) is 4.79 Å². The Labute approximate surface area is 85.2 Å². The van der Waals surface area contributed by atoms with Crippen molar-refractivity contribution in [2.24, 2.45) is 11.8 Å². The quantitative estimate of drug-likeness (QED) is 0.649. The summed E-state index contributed by atoms with van der Waals surface area (Å²) in [7, 11) is 0. The molecule has 4 nitrogen and oxygen atoms in total. The van der Waals surface area contributed by atoms with Crippen LogP contribution in [0.15, 0.2) is 0 Å². The number of ether oxygens (including phenoxy) is 2. The van der Waals surface area contributed by atoms with Gasteiger partial charge < -0.3 is 14.6 Å². The summed E-state index contributed by atoms with van der Waals surface area (Å²) in [5.41, 5.74) is 0. The van der Waals surface area contributed by atoms with Gasteiger partial charge in [0, 0.05) is 12.5 Å². The van der Waals surface area contributed by atoms with Crippen molar-refractivity contribution < 1.29 is 19.4 Å². The lowest BCUT2D eigenvalue weighted by Gasteiger charge is -2.13. The lowest BCUT2D eigenvalue weighted by molar-refractivity contribution is -0.143. The molecule has 2 unspecified atom stereocenters. The van der Waals surface area contributed by atoms with Crippen LogP contribution < -0.4 is 0 Å². The van der Waals surface area contributed by atoms with Gasteiger partial charge in [-0.2, -0.15) is 0 Å². The average Bonchev–Trinajstić information content (AvgIpc) is 2.14. The summed E-state index contributed by atoms with van der Waals surface area (Å²) in [5.74, 6) is -0.937. The molecule has 0 radical (unpaired) electrons. The minimum atomic E-state index is -0.817. The first-order valence-electron chi connectivity index (χ1n) is 4.96. The molecule has 0 aliphatic heterocycles. The van der Waals surface area contributed by atoms with E-state index in [1.807, 2.05) is 13.8 Å². The number of rotatable bonds is 8. The van der Waals surface area contributed by atoms with Crippen molar-refractivity contribution in [1.82, 2.24) is 0 Å². The van der Waals surface area contributed by atoms with Gasteiger partial charge in [0.2, 0.25) is 0 Å². The molecule has 0 saturated heterocycles. The third-order valence-corrected chi connectivity index (χ3v) is 1.80. The number of hydrogen-bond acceptors (Lipinski definition) is 3. The number of carbonyl (C=O) groups is 1. The lowest BCUT2D eigenvalue weighted by Crippen LogP contribution is -2.20. The molecule has 0 spiro atoms. The maximum Gasteiger partial charge on any atom is 0.308 e. The molecule has 2 atom stereocenters. The Balaban J connectivity index is 3.39. The van der Waals surface area contributed by atoms with Crippen molar-refractivity contribution in [3.8, 4) is 0 Å². The fraction of sp³-hybridized carbons (Fsp3) is 0.900. The summed E-state index contributed by atoms with van der Waals surface area (Å²) < 4.78 is 10.5. The monoisotopic (exact) mass is 204 g/mol. The first kappa shape index (κ1) is 13.4. The Morgan fingerprint density at radius 2 is 1.79 bits per heavy atom. The molecule has 0 fully saturated rings. The normalized spacial score (nSPS) is 15.1. The standard InChI is InChI=1S/C10H20O4/c1-4-13-5-8(2)6-14-7-9(3)10(11)12/h8-9H,4-7H2,1-3H3,(H,11,12). The minimum absolute atomic E-state index is 0.270. The molecule has 1 N–H and O–H groups in total. The molecule has 0 saturated carbocycles. The molecule has 84 valence electrons. The van der Waals surface area contributed by atoms with E-state index in [2.05, 4.69) is 0 Å². The fourth-order valence-corrected chi connectivity index (χ4v) is 0.884. The summed E-state index contributed by atoms with van der Waals surface area (Å²) >= 11 is 0. The van der Waals surface area contributed by atoms with Crippen molar-refractivity contribution in [2.75, 3.05) is 26.4 Å². The molecule has 0 aliphatic carbocycles. The third kappa shape index (κ3) is 6.86. The van der Waals surface area contributed by atoms with E-state index in [1.165, 1.54) is 0 Å². The van der Waals surface area contributed by atoms with E-state index in [4.69, 9.17) is 14.6 Å². The topological polar surface area (TPSA) is 55.8 Å². The van der Waals surface area contributed by atoms with E-state index in [-0.39, 0.29) is 6.61 Å². The SMILES string of the molecule is CCOCC(C)COCC(C)C(=O)O. The molecule has 14 heavy (non-hydrogen) atoms. The Morgan fingerprint density at radius 3 is 2.29 bits per heavy atom. The van der Waals surface area contributed by atoms with E-state index in [0.29, 0.717) is 25.7 Å². The molecule has 0 rings (SSSR count). The first-order valence-corrected chi connectivity index (χ1v) is 4.96. The first-order chi connectivity index (χ1) is 6.57. The van der Waals surface area contributed by atoms with Gasteiger partial charge in [-0.25, -0.2) is 0 Å². The summed E-state index contributed by atoms with van der Waals surface area (Å²) in [6, 6.07) is 0. The zero-order valence-corrected chi connectivity index (χ0v) is 9.16. The molecule has 0 amide bonds.